The number of rotatable bonds is 5. The first-order valence-corrected chi connectivity index (χ1v) is 8.51. The molecule has 0 radical (unpaired) electrons. The molecule has 1 aliphatic carbocycles. The molecule has 2 aromatic rings. The molecular weight excluding hydrogens is 432 g/mol. The zero-order valence-corrected chi connectivity index (χ0v) is 14.8. The van der Waals surface area contributed by atoms with Crippen LogP contribution >= 0.6 is 0 Å². The second-order valence-electron chi connectivity index (χ2n) is 5.45. The predicted molar refractivity (Wildman–Crippen MR) is 79.9 cm³/mol. The molecule has 3 heteroatoms. The summed E-state index contributed by atoms with van der Waals surface area (Å²) >= 11 is 1.34. The normalized spacial score (nSPS) is 27.3. The number of aliphatic hydroxyl groups excluding tert-OH is 1. The minimum absolute atomic E-state index is 0.140. The van der Waals surface area contributed by atoms with Crippen molar-refractivity contribution in [2.75, 3.05) is 13.7 Å². The van der Waals surface area contributed by atoms with E-state index in [-0.39, 0.29) is 17.9 Å². The topological polar surface area (TPSA) is 29.5 Å². The van der Waals surface area contributed by atoms with E-state index in [4.69, 9.17) is 4.74 Å². The molecule has 0 saturated heterocycles. The fourth-order valence-electron chi connectivity index (χ4n) is 3.46. The van der Waals surface area contributed by atoms with Crippen molar-refractivity contribution in [3.05, 3.63) is 71.8 Å². The van der Waals surface area contributed by atoms with Gasteiger partial charge < -0.3 is 0 Å². The van der Waals surface area contributed by atoms with E-state index in [1.165, 1.54) is 30.5 Å². The third-order valence-electron chi connectivity index (χ3n) is 4.52. The molecule has 0 amide bonds. The van der Waals surface area contributed by atoms with Gasteiger partial charge in [-0.2, -0.15) is 0 Å². The summed E-state index contributed by atoms with van der Waals surface area (Å²) in [5, 5.41) is 10.2. The first-order chi connectivity index (χ1) is 10.3. The van der Waals surface area contributed by atoms with Crippen LogP contribution in [0.1, 0.15) is 17.0 Å². The van der Waals surface area contributed by atoms with E-state index in [1.807, 2.05) is 24.3 Å². The standard InChI is InChI=1S/C18H18O2.W/c1-20-12-16-17(14-8-4-2-5-9-14)18(16,13-19)15-10-6-3-7-11-15;/h2-11,16-17,19H,13H2,1H3;/t16-,17-,18-;/m1./s1. The second-order valence-corrected chi connectivity index (χ2v) is 6.90. The zero-order chi connectivity index (χ0) is 14.9. The summed E-state index contributed by atoms with van der Waals surface area (Å²) in [5.74, 6) is 0.547. The van der Waals surface area contributed by atoms with Gasteiger partial charge in [-0.25, -0.2) is 0 Å². The molecule has 21 heavy (non-hydrogen) atoms. The van der Waals surface area contributed by atoms with Crippen LogP contribution in [0, 0.1) is 5.92 Å². The molecule has 2 nitrogen and oxygen atoms in total. The van der Waals surface area contributed by atoms with Gasteiger partial charge in [0, 0.05) is 0 Å². The van der Waals surface area contributed by atoms with Gasteiger partial charge in [0.2, 0.25) is 0 Å². The van der Waals surface area contributed by atoms with Gasteiger partial charge in [-0.1, -0.05) is 0 Å². The SMILES string of the molecule is CO[C](=[W])[C@@H]1[C@@H](c2ccccc2)[C@]1(CO)c1ccccc1. The van der Waals surface area contributed by atoms with Crippen LogP contribution in [-0.2, 0) is 29.5 Å². The van der Waals surface area contributed by atoms with E-state index < -0.39 is 0 Å². The maximum atomic E-state index is 10.2. The third kappa shape index (κ3) is 2.36. The number of methoxy groups -OCH3 is 1. The van der Waals surface area contributed by atoms with Crippen molar-refractivity contribution in [1.29, 1.82) is 0 Å². The van der Waals surface area contributed by atoms with Gasteiger partial charge in [-0.05, 0) is 0 Å². The summed E-state index contributed by atoms with van der Waals surface area (Å²) in [4.78, 5) is 0. The van der Waals surface area contributed by atoms with Crippen molar-refractivity contribution in [2.45, 2.75) is 11.3 Å². The molecule has 0 unspecified atom stereocenters. The molecule has 0 aliphatic heterocycles. The van der Waals surface area contributed by atoms with Crippen molar-refractivity contribution in [3.8, 4) is 0 Å². The Morgan fingerprint density at radius 1 is 1.10 bits per heavy atom. The van der Waals surface area contributed by atoms with Crippen molar-refractivity contribution in [1.82, 2.24) is 0 Å². The molecule has 0 bridgehead atoms. The van der Waals surface area contributed by atoms with Gasteiger partial charge in [-0.3, -0.25) is 0 Å². The summed E-state index contributed by atoms with van der Waals surface area (Å²) in [6.45, 7) is 0.140. The van der Waals surface area contributed by atoms with Gasteiger partial charge in [0.1, 0.15) is 0 Å². The molecule has 1 fully saturated rings. The Kier molecular flexibility index (Phi) is 4.21. The van der Waals surface area contributed by atoms with Gasteiger partial charge in [-0.15, -0.1) is 0 Å². The first kappa shape index (κ1) is 14.8. The Bertz CT molecular complexity index is 626. The average Bonchev–Trinajstić information content (AvgIpc) is 3.26. The van der Waals surface area contributed by atoms with Crippen LogP contribution < -0.4 is 0 Å². The molecule has 0 spiro atoms. The molecule has 1 N–H and O–H groups in total. The zero-order valence-electron chi connectivity index (χ0n) is 11.9. The Labute approximate surface area is 136 Å². The Balaban J connectivity index is 2.07. The molecule has 3 rings (SSSR count). The number of hydrogen-bond acceptors (Lipinski definition) is 2. The number of hydrogen-bond donors (Lipinski definition) is 1. The molecule has 0 heterocycles. The maximum absolute atomic E-state index is 10.2. The Morgan fingerprint density at radius 2 is 1.67 bits per heavy atom. The van der Waals surface area contributed by atoms with E-state index >= 15 is 0 Å². The fraction of sp³-hybridized carbons (Fsp3) is 0.278. The van der Waals surface area contributed by atoms with E-state index in [2.05, 4.69) is 36.4 Å². The van der Waals surface area contributed by atoms with E-state index in [9.17, 15) is 5.11 Å². The molecule has 1 aliphatic rings. The van der Waals surface area contributed by atoms with Gasteiger partial charge >= 0.3 is 136 Å². The van der Waals surface area contributed by atoms with Crippen LogP contribution in [-0.4, -0.2) is 22.9 Å². The van der Waals surface area contributed by atoms with E-state index in [0.717, 1.165) is 4.08 Å². The van der Waals surface area contributed by atoms with Crippen LogP contribution in [0.2, 0.25) is 0 Å². The van der Waals surface area contributed by atoms with Crippen molar-refractivity contribution in [2.24, 2.45) is 5.92 Å². The molecule has 0 aromatic heterocycles. The average molecular weight is 450 g/mol. The molecule has 3 atom stereocenters. The van der Waals surface area contributed by atoms with Gasteiger partial charge in [0.25, 0.3) is 0 Å². The third-order valence-corrected chi connectivity index (χ3v) is 6.03. The summed E-state index contributed by atoms with van der Waals surface area (Å²) in [6, 6.07) is 20.8. The fourth-order valence-corrected chi connectivity index (χ4v) is 4.70. The number of aliphatic hydroxyl groups is 1. The van der Waals surface area contributed by atoms with Crippen LogP contribution in [0.3, 0.4) is 0 Å². The van der Waals surface area contributed by atoms with Crippen molar-refractivity contribution in [3.63, 3.8) is 0 Å². The molecule has 108 valence electrons. The Morgan fingerprint density at radius 3 is 2.19 bits per heavy atom. The monoisotopic (exact) mass is 450 g/mol. The van der Waals surface area contributed by atoms with Gasteiger partial charge in [0.05, 0.1) is 0 Å². The van der Waals surface area contributed by atoms with Crippen molar-refractivity contribution < 1.29 is 29.2 Å². The van der Waals surface area contributed by atoms with Crippen molar-refractivity contribution >= 4 is 4.08 Å². The quantitative estimate of drug-likeness (QED) is 0.760. The van der Waals surface area contributed by atoms with E-state index in [0.29, 0.717) is 5.92 Å². The summed E-state index contributed by atoms with van der Waals surface area (Å²) in [5.41, 5.74) is 2.23. The van der Waals surface area contributed by atoms with Crippen LogP contribution in [0.25, 0.3) is 0 Å². The first-order valence-electron chi connectivity index (χ1n) is 7.05. The van der Waals surface area contributed by atoms with Crippen LogP contribution in [0.5, 0.6) is 0 Å². The molecule has 1 saturated carbocycles. The predicted octanol–water partition coefficient (Wildman–Crippen LogP) is 2.65. The van der Waals surface area contributed by atoms with Gasteiger partial charge in [0.15, 0.2) is 0 Å². The molecule has 2 aromatic carbocycles. The summed E-state index contributed by atoms with van der Waals surface area (Å²) in [6.07, 6.45) is 0. The van der Waals surface area contributed by atoms with Crippen LogP contribution in [0.15, 0.2) is 60.7 Å². The number of benzene rings is 2. The second kappa shape index (κ2) is 5.96. The minimum atomic E-state index is -0.240. The van der Waals surface area contributed by atoms with Crippen LogP contribution in [0.4, 0.5) is 0 Å². The Hall–Kier alpha value is -1.08. The summed E-state index contributed by atoms with van der Waals surface area (Å²) < 4.78 is 6.62. The summed E-state index contributed by atoms with van der Waals surface area (Å²) in [7, 11) is 1.73. The number of ether oxygens (including phenoxy) is 1. The molecular formula is C18H18O2W. The van der Waals surface area contributed by atoms with E-state index in [1.54, 1.807) is 7.11 Å².